The Morgan fingerprint density at radius 2 is 1.85 bits per heavy atom. The highest BCUT2D eigenvalue weighted by Crippen LogP contribution is 2.33. The minimum atomic E-state index is -0.426. The zero-order valence-electron chi connectivity index (χ0n) is 15.7. The van der Waals surface area contributed by atoms with Crippen molar-refractivity contribution in [2.45, 2.75) is 39.3 Å². The fraction of sp³-hybridized carbons (Fsp3) is 0.364. The molecule has 2 aromatic carbocycles. The molecule has 0 unspecified atom stereocenters. The standard InChI is InChI=1S/C22H25FN2O2/c1-15(2)11-12-24-21(26)13-20(16-7-9-18(23)10-8-16)25-14-17-5-3-4-6-19(17)22(25)27/h3-10,15,20H,11-14H2,1-2H3,(H,24,26)/t20-/m0/s1. The average molecular weight is 368 g/mol. The number of amides is 2. The van der Waals surface area contributed by atoms with Crippen molar-refractivity contribution in [1.82, 2.24) is 10.2 Å². The summed E-state index contributed by atoms with van der Waals surface area (Å²) in [5.41, 5.74) is 2.39. The Balaban J connectivity index is 1.80. The van der Waals surface area contributed by atoms with Gasteiger partial charge < -0.3 is 10.2 Å². The number of carbonyl (C=O) groups is 2. The molecule has 0 aromatic heterocycles. The summed E-state index contributed by atoms with van der Waals surface area (Å²) in [6.45, 7) is 5.28. The summed E-state index contributed by atoms with van der Waals surface area (Å²) >= 11 is 0. The van der Waals surface area contributed by atoms with Gasteiger partial charge in [-0.15, -0.1) is 0 Å². The second-order valence-electron chi connectivity index (χ2n) is 7.39. The van der Waals surface area contributed by atoms with Crippen molar-refractivity contribution in [3.63, 3.8) is 0 Å². The lowest BCUT2D eigenvalue weighted by Gasteiger charge is -2.28. The molecule has 1 atom stereocenters. The Bertz CT molecular complexity index is 817. The van der Waals surface area contributed by atoms with Crippen molar-refractivity contribution >= 4 is 11.8 Å². The number of nitrogens with one attached hydrogen (secondary N) is 1. The van der Waals surface area contributed by atoms with Crippen molar-refractivity contribution in [3.05, 3.63) is 71.0 Å². The molecule has 5 heteroatoms. The van der Waals surface area contributed by atoms with E-state index >= 15 is 0 Å². The molecule has 2 aromatic rings. The third-order valence-corrected chi connectivity index (χ3v) is 4.90. The lowest BCUT2D eigenvalue weighted by Crippen LogP contribution is -2.34. The van der Waals surface area contributed by atoms with E-state index < -0.39 is 6.04 Å². The van der Waals surface area contributed by atoms with E-state index in [9.17, 15) is 14.0 Å². The number of nitrogens with zero attached hydrogens (tertiary/aromatic N) is 1. The van der Waals surface area contributed by atoms with Gasteiger partial charge in [-0.05, 0) is 41.7 Å². The molecule has 142 valence electrons. The van der Waals surface area contributed by atoms with Crippen LogP contribution in [-0.4, -0.2) is 23.3 Å². The second-order valence-corrected chi connectivity index (χ2v) is 7.39. The summed E-state index contributed by atoms with van der Waals surface area (Å²) in [5, 5.41) is 2.93. The minimum Gasteiger partial charge on any atom is -0.356 e. The van der Waals surface area contributed by atoms with Crippen LogP contribution in [0.15, 0.2) is 48.5 Å². The monoisotopic (exact) mass is 368 g/mol. The van der Waals surface area contributed by atoms with Gasteiger partial charge in [-0.1, -0.05) is 44.2 Å². The Kier molecular flexibility index (Phi) is 5.89. The van der Waals surface area contributed by atoms with Gasteiger partial charge in [0.1, 0.15) is 5.82 Å². The number of rotatable bonds is 7. The maximum absolute atomic E-state index is 13.4. The SMILES string of the molecule is CC(C)CCNC(=O)C[C@@H](c1ccc(F)cc1)N1Cc2ccccc2C1=O. The van der Waals surface area contributed by atoms with E-state index in [-0.39, 0.29) is 24.1 Å². The van der Waals surface area contributed by atoms with Crippen LogP contribution in [0.3, 0.4) is 0 Å². The molecule has 1 N–H and O–H groups in total. The van der Waals surface area contributed by atoms with Crippen molar-refractivity contribution in [2.75, 3.05) is 6.54 Å². The minimum absolute atomic E-state index is 0.0881. The molecule has 1 heterocycles. The van der Waals surface area contributed by atoms with Crippen molar-refractivity contribution in [1.29, 1.82) is 0 Å². The lowest BCUT2D eigenvalue weighted by atomic mass is 10.0. The van der Waals surface area contributed by atoms with Gasteiger partial charge in [-0.25, -0.2) is 4.39 Å². The Hall–Kier alpha value is -2.69. The fourth-order valence-electron chi connectivity index (χ4n) is 3.37. The molecule has 0 spiro atoms. The third-order valence-electron chi connectivity index (χ3n) is 4.90. The molecule has 2 amide bonds. The number of carbonyl (C=O) groups excluding carboxylic acids is 2. The van der Waals surface area contributed by atoms with E-state index in [1.54, 1.807) is 17.0 Å². The highest BCUT2D eigenvalue weighted by Gasteiger charge is 2.34. The molecular weight excluding hydrogens is 343 g/mol. The summed E-state index contributed by atoms with van der Waals surface area (Å²) in [4.78, 5) is 27.1. The molecule has 0 bridgehead atoms. The largest absolute Gasteiger partial charge is 0.356 e. The van der Waals surface area contributed by atoms with Crippen molar-refractivity contribution < 1.29 is 14.0 Å². The Morgan fingerprint density at radius 1 is 1.15 bits per heavy atom. The fourth-order valence-corrected chi connectivity index (χ4v) is 3.37. The lowest BCUT2D eigenvalue weighted by molar-refractivity contribution is -0.122. The zero-order chi connectivity index (χ0) is 19.4. The first-order chi connectivity index (χ1) is 13.0. The zero-order valence-corrected chi connectivity index (χ0v) is 15.7. The summed E-state index contributed by atoms with van der Waals surface area (Å²) in [7, 11) is 0. The maximum Gasteiger partial charge on any atom is 0.255 e. The predicted octanol–water partition coefficient (Wildman–Crippen LogP) is 4.08. The highest BCUT2D eigenvalue weighted by atomic mass is 19.1. The summed E-state index contributed by atoms with van der Waals surface area (Å²) < 4.78 is 13.4. The Labute approximate surface area is 159 Å². The number of hydrogen-bond acceptors (Lipinski definition) is 2. The first-order valence-electron chi connectivity index (χ1n) is 9.36. The molecule has 1 aliphatic rings. The molecule has 1 aliphatic heterocycles. The molecule has 0 saturated carbocycles. The van der Waals surface area contributed by atoms with E-state index in [0.717, 1.165) is 17.5 Å². The Morgan fingerprint density at radius 3 is 2.52 bits per heavy atom. The van der Waals surface area contributed by atoms with Gasteiger partial charge in [0.15, 0.2) is 0 Å². The number of fused-ring (bicyclic) bond motifs is 1. The second kappa shape index (κ2) is 8.33. The number of hydrogen-bond donors (Lipinski definition) is 1. The van der Waals surface area contributed by atoms with Gasteiger partial charge in [0, 0.05) is 18.7 Å². The topological polar surface area (TPSA) is 49.4 Å². The molecule has 27 heavy (non-hydrogen) atoms. The van der Waals surface area contributed by atoms with Crippen LogP contribution in [0.4, 0.5) is 4.39 Å². The third kappa shape index (κ3) is 4.54. The van der Waals surface area contributed by atoms with Crippen molar-refractivity contribution in [2.24, 2.45) is 5.92 Å². The van der Waals surface area contributed by atoms with E-state index in [0.29, 0.717) is 24.6 Å². The summed E-state index contributed by atoms with van der Waals surface area (Å²) in [5.74, 6) is -0.0218. The van der Waals surface area contributed by atoms with Crippen molar-refractivity contribution in [3.8, 4) is 0 Å². The van der Waals surface area contributed by atoms with E-state index in [4.69, 9.17) is 0 Å². The van der Waals surface area contributed by atoms with E-state index in [2.05, 4.69) is 19.2 Å². The van der Waals surface area contributed by atoms with Gasteiger partial charge in [-0.2, -0.15) is 0 Å². The van der Waals surface area contributed by atoms with Gasteiger partial charge in [0.25, 0.3) is 5.91 Å². The highest BCUT2D eigenvalue weighted by molar-refractivity contribution is 5.98. The summed E-state index contributed by atoms with van der Waals surface area (Å²) in [6, 6.07) is 13.1. The molecule has 3 rings (SSSR count). The van der Waals surface area contributed by atoms with Gasteiger partial charge in [0.2, 0.25) is 5.91 Å². The van der Waals surface area contributed by atoms with Crippen LogP contribution in [0.1, 0.15) is 54.2 Å². The van der Waals surface area contributed by atoms with Crippen LogP contribution in [-0.2, 0) is 11.3 Å². The van der Waals surface area contributed by atoms with Crippen LogP contribution in [0.2, 0.25) is 0 Å². The first kappa shape index (κ1) is 19.1. The average Bonchev–Trinajstić information content (AvgIpc) is 2.97. The predicted molar refractivity (Wildman–Crippen MR) is 103 cm³/mol. The summed E-state index contributed by atoms with van der Waals surface area (Å²) in [6.07, 6.45) is 1.06. The van der Waals surface area contributed by atoms with Crippen LogP contribution in [0.25, 0.3) is 0 Å². The number of benzene rings is 2. The molecule has 0 radical (unpaired) electrons. The molecule has 4 nitrogen and oxygen atoms in total. The molecular formula is C22H25FN2O2. The van der Waals surface area contributed by atoms with Crippen LogP contribution in [0.5, 0.6) is 0 Å². The van der Waals surface area contributed by atoms with Crippen LogP contribution >= 0.6 is 0 Å². The van der Waals surface area contributed by atoms with Gasteiger partial charge >= 0.3 is 0 Å². The van der Waals surface area contributed by atoms with E-state index in [1.807, 2.05) is 24.3 Å². The quantitative estimate of drug-likeness (QED) is 0.801. The molecule has 0 saturated heterocycles. The van der Waals surface area contributed by atoms with Gasteiger partial charge in [-0.3, -0.25) is 9.59 Å². The first-order valence-corrected chi connectivity index (χ1v) is 9.36. The molecule has 0 fully saturated rings. The maximum atomic E-state index is 13.4. The normalized spacial score (nSPS) is 14.4. The van der Waals surface area contributed by atoms with Crippen LogP contribution in [0, 0.1) is 11.7 Å². The molecule has 0 aliphatic carbocycles. The smallest absolute Gasteiger partial charge is 0.255 e. The van der Waals surface area contributed by atoms with Crippen LogP contribution < -0.4 is 5.32 Å². The van der Waals surface area contributed by atoms with Gasteiger partial charge in [0.05, 0.1) is 12.5 Å². The van der Waals surface area contributed by atoms with E-state index in [1.165, 1.54) is 12.1 Å². The number of halogens is 1.